The van der Waals surface area contributed by atoms with Crippen LogP contribution in [-0.2, 0) is 36.0 Å². The molecule has 0 aromatic carbocycles. The lowest BCUT2D eigenvalue weighted by Crippen LogP contribution is -2.27. The summed E-state index contributed by atoms with van der Waals surface area (Å²) in [4.78, 5) is 0. The van der Waals surface area contributed by atoms with Gasteiger partial charge in [0.15, 0.2) is 0 Å². The molecule has 1 N–H and O–H groups in total. The van der Waals surface area contributed by atoms with E-state index in [1.807, 2.05) is 28.8 Å². The molecule has 7 heteroatoms. The third-order valence-corrected chi connectivity index (χ3v) is 3.81. The molecule has 3 rings (SSSR count). The van der Waals surface area contributed by atoms with E-state index in [0.717, 1.165) is 38.4 Å². The highest BCUT2D eigenvalue weighted by molar-refractivity contribution is 5.22. The van der Waals surface area contributed by atoms with Crippen LogP contribution in [0.2, 0.25) is 0 Å². The standard InChI is InChI=1S/C15H23N5O2/c1-19-10-12(8-17-19)7-16-9-14-15-13(3-5-22-14)11-20(18-15)4-6-21-2/h8,10-11,14,16H,3-7,9H2,1-2H3/t14-/m0/s1. The van der Waals surface area contributed by atoms with E-state index in [9.17, 15) is 0 Å². The van der Waals surface area contributed by atoms with Crippen molar-refractivity contribution in [2.24, 2.45) is 7.05 Å². The van der Waals surface area contributed by atoms with Crippen LogP contribution in [0, 0.1) is 0 Å². The van der Waals surface area contributed by atoms with Crippen molar-refractivity contribution in [1.82, 2.24) is 24.9 Å². The van der Waals surface area contributed by atoms with E-state index in [1.165, 1.54) is 11.1 Å². The molecule has 1 aliphatic rings. The van der Waals surface area contributed by atoms with Crippen molar-refractivity contribution in [2.45, 2.75) is 25.6 Å². The Balaban J connectivity index is 1.57. The molecule has 2 aromatic rings. The van der Waals surface area contributed by atoms with E-state index in [4.69, 9.17) is 9.47 Å². The van der Waals surface area contributed by atoms with E-state index in [-0.39, 0.29) is 6.10 Å². The average Bonchev–Trinajstić information content (AvgIpc) is 3.11. The van der Waals surface area contributed by atoms with Gasteiger partial charge in [0, 0.05) is 45.2 Å². The number of nitrogens with one attached hydrogen (secondary N) is 1. The van der Waals surface area contributed by atoms with E-state index in [0.29, 0.717) is 6.61 Å². The SMILES string of the molecule is COCCn1cc2c(n1)[C@H](CNCc1cnn(C)c1)OCC2. The number of rotatable bonds is 7. The highest BCUT2D eigenvalue weighted by Gasteiger charge is 2.24. The molecule has 0 unspecified atom stereocenters. The Hall–Kier alpha value is -1.70. The average molecular weight is 305 g/mol. The van der Waals surface area contributed by atoms with E-state index in [2.05, 4.69) is 21.7 Å². The van der Waals surface area contributed by atoms with Gasteiger partial charge in [-0.15, -0.1) is 0 Å². The molecule has 0 aliphatic carbocycles. The van der Waals surface area contributed by atoms with Crippen LogP contribution in [0.4, 0.5) is 0 Å². The summed E-state index contributed by atoms with van der Waals surface area (Å²) in [5.41, 5.74) is 3.51. The second-order valence-electron chi connectivity index (χ2n) is 5.56. The van der Waals surface area contributed by atoms with Crippen molar-refractivity contribution in [2.75, 3.05) is 26.9 Å². The van der Waals surface area contributed by atoms with Crippen molar-refractivity contribution in [1.29, 1.82) is 0 Å². The second-order valence-corrected chi connectivity index (χ2v) is 5.56. The number of aromatic nitrogens is 4. The van der Waals surface area contributed by atoms with Crippen molar-refractivity contribution >= 4 is 0 Å². The first-order valence-corrected chi connectivity index (χ1v) is 7.61. The summed E-state index contributed by atoms with van der Waals surface area (Å²) in [6.45, 7) is 3.74. The number of nitrogens with zero attached hydrogens (tertiary/aromatic N) is 4. The first kappa shape index (κ1) is 15.2. The topological polar surface area (TPSA) is 66.1 Å². The van der Waals surface area contributed by atoms with Crippen molar-refractivity contribution in [3.8, 4) is 0 Å². The quantitative estimate of drug-likeness (QED) is 0.814. The predicted molar refractivity (Wildman–Crippen MR) is 81.4 cm³/mol. The number of methoxy groups -OCH3 is 1. The van der Waals surface area contributed by atoms with Crippen molar-refractivity contribution in [3.63, 3.8) is 0 Å². The Morgan fingerprint density at radius 1 is 1.45 bits per heavy atom. The van der Waals surface area contributed by atoms with Crippen molar-refractivity contribution < 1.29 is 9.47 Å². The Labute approximate surface area is 130 Å². The molecule has 1 atom stereocenters. The van der Waals surface area contributed by atoms with Crippen LogP contribution in [0.15, 0.2) is 18.6 Å². The Morgan fingerprint density at radius 2 is 2.36 bits per heavy atom. The fourth-order valence-electron chi connectivity index (χ4n) is 2.70. The minimum atomic E-state index is 0.0178. The predicted octanol–water partition coefficient (Wildman–Crippen LogP) is 0.667. The smallest absolute Gasteiger partial charge is 0.114 e. The summed E-state index contributed by atoms with van der Waals surface area (Å²) in [7, 11) is 3.63. The number of hydrogen-bond acceptors (Lipinski definition) is 5. The lowest BCUT2D eigenvalue weighted by Gasteiger charge is -2.22. The van der Waals surface area contributed by atoms with E-state index < -0.39 is 0 Å². The van der Waals surface area contributed by atoms with Crippen LogP contribution in [-0.4, -0.2) is 46.4 Å². The lowest BCUT2D eigenvalue weighted by atomic mass is 10.1. The zero-order valence-electron chi connectivity index (χ0n) is 13.2. The van der Waals surface area contributed by atoms with Crippen LogP contribution in [0.1, 0.15) is 22.9 Å². The Bertz CT molecular complexity index is 607. The molecule has 0 saturated heterocycles. The van der Waals surface area contributed by atoms with E-state index in [1.54, 1.807) is 7.11 Å². The summed E-state index contributed by atoms with van der Waals surface area (Å²) in [5.74, 6) is 0. The fraction of sp³-hybridized carbons (Fsp3) is 0.600. The highest BCUT2D eigenvalue weighted by Crippen LogP contribution is 2.25. The first-order valence-electron chi connectivity index (χ1n) is 7.61. The molecule has 0 bridgehead atoms. The number of hydrogen-bond donors (Lipinski definition) is 1. The van der Waals surface area contributed by atoms with Crippen molar-refractivity contribution in [3.05, 3.63) is 35.4 Å². The number of ether oxygens (including phenoxy) is 2. The van der Waals surface area contributed by atoms with Gasteiger partial charge in [-0.1, -0.05) is 0 Å². The second kappa shape index (κ2) is 7.04. The zero-order chi connectivity index (χ0) is 15.4. The van der Waals surface area contributed by atoms with Gasteiger partial charge < -0.3 is 14.8 Å². The molecule has 0 amide bonds. The minimum Gasteiger partial charge on any atom is -0.383 e. The van der Waals surface area contributed by atoms with Crippen LogP contribution >= 0.6 is 0 Å². The van der Waals surface area contributed by atoms with Gasteiger partial charge in [-0.3, -0.25) is 9.36 Å². The molecule has 3 heterocycles. The monoisotopic (exact) mass is 305 g/mol. The maximum atomic E-state index is 5.87. The largest absolute Gasteiger partial charge is 0.383 e. The molecular formula is C15H23N5O2. The summed E-state index contributed by atoms with van der Waals surface area (Å²) in [6.07, 6.45) is 6.95. The molecular weight excluding hydrogens is 282 g/mol. The molecule has 0 fully saturated rings. The van der Waals surface area contributed by atoms with Gasteiger partial charge >= 0.3 is 0 Å². The molecule has 0 saturated carbocycles. The fourth-order valence-corrected chi connectivity index (χ4v) is 2.70. The molecule has 0 spiro atoms. The summed E-state index contributed by atoms with van der Waals surface area (Å²) >= 11 is 0. The maximum Gasteiger partial charge on any atom is 0.114 e. The zero-order valence-corrected chi connectivity index (χ0v) is 13.2. The molecule has 22 heavy (non-hydrogen) atoms. The Kier molecular flexibility index (Phi) is 4.87. The number of aryl methyl sites for hydroxylation is 1. The van der Waals surface area contributed by atoms with Gasteiger partial charge in [-0.05, 0) is 12.0 Å². The maximum absolute atomic E-state index is 5.87. The lowest BCUT2D eigenvalue weighted by molar-refractivity contribution is 0.0392. The van der Waals surface area contributed by atoms with Gasteiger partial charge in [0.05, 0.1) is 31.6 Å². The van der Waals surface area contributed by atoms with Crippen LogP contribution < -0.4 is 5.32 Å². The van der Waals surface area contributed by atoms with Gasteiger partial charge in [-0.2, -0.15) is 10.2 Å². The Morgan fingerprint density at radius 3 is 3.14 bits per heavy atom. The van der Waals surface area contributed by atoms with Gasteiger partial charge in [0.2, 0.25) is 0 Å². The first-order chi connectivity index (χ1) is 10.8. The molecule has 0 radical (unpaired) electrons. The van der Waals surface area contributed by atoms with Gasteiger partial charge in [-0.25, -0.2) is 0 Å². The molecule has 120 valence electrons. The number of fused-ring (bicyclic) bond motifs is 1. The molecule has 1 aliphatic heterocycles. The van der Waals surface area contributed by atoms with Gasteiger partial charge in [0.1, 0.15) is 6.10 Å². The summed E-state index contributed by atoms with van der Waals surface area (Å²) < 4.78 is 14.7. The van der Waals surface area contributed by atoms with Crippen LogP contribution in [0.3, 0.4) is 0 Å². The highest BCUT2D eigenvalue weighted by atomic mass is 16.5. The van der Waals surface area contributed by atoms with Gasteiger partial charge in [0.25, 0.3) is 0 Å². The summed E-state index contributed by atoms with van der Waals surface area (Å²) in [5, 5.41) is 12.2. The van der Waals surface area contributed by atoms with Crippen LogP contribution in [0.5, 0.6) is 0 Å². The molecule has 7 nitrogen and oxygen atoms in total. The van der Waals surface area contributed by atoms with Crippen LogP contribution in [0.25, 0.3) is 0 Å². The summed E-state index contributed by atoms with van der Waals surface area (Å²) in [6, 6.07) is 0. The minimum absolute atomic E-state index is 0.0178. The third-order valence-electron chi connectivity index (χ3n) is 3.81. The molecule has 2 aromatic heterocycles. The van der Waals surface area contributed by atoms with E-state index >= 15 is 0 Å². The normalized spacial score (nSPS) is 17.6. The third kappa shape index (κ3) is 3.55.